The second-order valence-corrected chi connectivity index (χ2v) is 40.6. The van der Waals surface area contributed by atoms with E-state index in [1.807, 2.05) is 102 Å². The van der Waals surface area contributed by atoms with Gasteiger partial charge in [-0.3, -0.25) is 15.0 Å². The molecule has 0 atom stereocenters. The summed E-state index contributed by atoms with van der Waals surface area (Å²) in [5.74, 6) is 0. The molecule has 676 valence electrons. The number of nitrogens with zero attached hydrogens (tertiary/aromatic N) is 11. The van der Waals surface area contributed by atoms with Gasteiger partial charge in [-0.1, -0.05) is 218 Å². The summed E-state index contributed by atoms with van der Waals surface area (Å²) in [5.41, 5.74) is 37.7. The molecule has 2 fully saturated rings. The van der Waals surface area contributed by atoms with Crippen LogP contribution in [0.15, 0.2) is 384 Å². The Morgan fingerprint density at radius 3 is 1.28 bits per heavy atom. The Morgan fingerprint density at radius 1 is 0.283 bits per heavy atom. The van der Waals surface area contributed by atoms with Crippen molar-refractivity contribution in [3.8, 4) is 98.4 Å². The molecule has 22 aromatic rings. The number of aromatic nitrogens is 11. The van der Waals surface area contributed by atoms with E-state index in [0.29, 0.717) is 0 Å². The number of hydrogen-bond donors (Lipinski definition) is 3. The molecule has 0 saturated carbocycles. The minimum atomic E-state index is 0.754. The molecular formula is C116H94N14S8. The van der Waals surface area contributed by atoms with Crippen molar-refractivity contribution in [1.29, 1.82) is 0 Å². The topological polar surface area (TPSA) is 180 Å². The lowest BCUT2D eigenvalue weighted by Gasteiger charge is -2.27. The van der Waals surface area contributed by atoms with Crippen molar-refractivity contribution in [3.05, 3.63) is 432 Å². The smallest absolute Gasteiger partial charge is 0.185 e. The monoisotopic (exact) mass is 1940 g/mol. The van der Waals surface area contributed by atoms with Crippen LogP contribution >= 0.6 is 90.7 Å². The number of piperidine rings is 2. The van der Waals surface area contributed by atoms with E-state index in [-0.39, 0.29) is 0 Å². The Balaban J connectivity index is 0.0000000961. The standard InChI is InChI=1S/C20H14N2S.C18H18N2S.2C17H12N2S.C15H10N2S2.C15H17NS.C14H11N3S/c1-2-6-14-13(5-1)9-10-16(14)20-22-19(12-23-20)17-11-21-18-8-4-3-7-15(17)18;1-4-11-20(12-5-1)18-19-17(13-21-18)16-10-6-8-14-7-2-3-9-15(14)16;1-2-6-14-12(4-1)7-8-15(14)17-19-16(11-20-17)13-5-3-9-18-10-13;1-2-4-14-12(3-1)5-6-15(14)17-19-16(11-20-17)13-7-9-18-10-8-13;1-2-5-12-10(4-1)11(8-16-12)13-9-19-15(17-13)14-6-3-7-18-14;1-3-7-13(8-4-1)15-11-14(12-17-15)16-9-5-2-6-10-16;15-12-6-2-1-5-11(12)14-17-13(9-18-14)10-4-3-7-16-8-10/h1-8,10-12,21H,9H2;2-3,6-10,13H,1,4-5,11-12H2;1-6,8-11H,7H2;1-4,6-11H,5H2;1-9,16H;1,3-4,7-8,11-12H,2,5-6,9-10H2;1-9H,15H2. The van der Waals surface area contributed by atoms with Crippen molar-refractivity contribution in [3.63, 3.8) is 0 Å². The van der Waals surface area contributed by atoms with Crippen LogP contribution in [0.4, 0.5) is 16.5 Å². The number of thiophene rings is 2. The minimum absolute atomic E-state index is 0.754. The number of thiazole rings is 6. The van der Waals surface area contributed by atoms with Crippen LogP contribution in [-0.2, 0) is 19.3 Å². The van der Waals surface area contributed by atoms with Gasteiger partial charge in [-0.2, -0.15) is 0 Å². The van der Waals surface area contributed by atoms with Crippen LogP contribution in [0.25, 0.3) is 148 Å². The summed E-state index contributed by atoms with van der Waals surface area (Å²) < 4.78 is 0. The van der Waals surface area contributed by atoms with Gasteiger partial charge in [-0.25, -0.2) is 29.9 Å². The van der Waals surface area contributed by atoms with Gasteiger partial charge in [0.25, 0.3) is 0 Å². The first kappa shape index (κ1) is 90.1. The Bertz CT molecular complexity index is 7790. The number of allylic oxidation sites excluding steroid dienone is 3. The highest BCUT2D eigenvalue weighted by molar-refractivity contribution is 7.20. The van der Waals surface area contributed by atoms with Gasteiger partial charge in [0.05, 0.1) is 39.0 Å². The summed E-state index contributed by atoms with van der Waals surface area (Å²) in [5, 5.41) is 28.7. The van der Waals surface area contributed by atoms with E-state index in [2.05, 4.69) is 308 Å². The molecule has 22 heteroatoms. The Morgan fingerprint density at radius 2 is 0.725 bits per heavy atom. The zero-order valence-electron chi connectivity index (χ0n) is 75.4. The fourth-order valence-corrected chi connectivity index (χ4v) is 24.7. The van der Waals surface area contributed by atoms with E-state index >= 15 is 0 Å². The van der Waals surface area contributed by atoms with Gasteiger partial charge in [0, 0.05) is 207 Å². The summed E-state index contributed by atoms with van der Waals surface area (Å²) in [7, 11) is 0. The number of rotatable bonds is 14. The van der Waals surface area contributed by atoms with Crippen molar-refractivity contribution in [2.45, 2.75) is 57.8 Å². The van der Waals surface area contributed by atoms with Crippen LogP contribution in [0.5, 0.6) is 0 Å². The van der Waals surface area contributed by atoms with Crippen molar-refractivity contribution in [2.24, 2.45) is 0 Å². The fraction of sp³-hybridized carbons (Fsp3) is 0.112. The maximum absolute atomic E-state index is 5.95. The summed E-state index contributed by atoms with van der Waals surface area (Å²) in [6.07, 6.45) is 32.8. The first-order valence-electron chi connectivity index (χ1n) is 46.3. The highest BCUT2D eigenvalue weighted by Gasteiger charge is 2.25. The van der Waals surface area contributed by atoms with Crippen molar-refractivity contribution >= 4 is 156 Å². The number of aromatic amines is 2. The molecular weight excluding hydrogens is 1850 g/mol. The van der Waals surface area contributed by atoms with Crippen LogP contribution in [0, 0.1) is 0 Å². The lowest BCUT2D eigenvalue weighted by Crippen LogP contribution is -2.29. The molecule has 15 heterocycles. The number of nitrogens with two attached hydrogens (primary N) is 1. The molecule has 0 unspecified atom stereocenters. The maximum Gasteiger partial charge on any atom is 0.185 e. The van der Waals surface area contributed by atoms with Crippen LogP contribution in [-0.4, -0.2) is 81.0 Å². The van der Waals surface area contributed by atoms with E-state index in [0.717, 1.165) is 131 Å². The zero-order valence-corrected chi connectivity index (χ0v) is 81.9. The first-order valence-corrected chi connectivity index (χ1v) is 53.3. The quantitative estimate of drug-likeness (QED) is 0.0878. The van der Waals surface area contributed by atoms with Gasteiger partial charge in [-0.05, 0) is 186 Å². The second kappa shape index (κ2) is 43.3. The average molecular weight is 1940 g/mol. The van der Waals surface area contributed by atoms with E-state index in [1.54, 1.807) is 104 Å². The molecule has 2 aliphatic heterocycles. The van der Waals surface area contributed by atoms with Gasteiger partial charge in [-0.15, -0.1) is 90.7 Å². The molecule has 0 radical (unpaired) electrons. The lowest BCUT2D eigenvalue weighted by molar-refractivity contribution is 0.577. The number of anilines is 3. The third-order valence-electron chi connectivity index (χ3n) is 24.8. The first-order chi connectivity index (χ1) is 68.3. The molecule has 13 aromatic heterocycles. The van der Waals surface area contributed by atoms with Gasteiger partial charge in [0.1, 0.15) is 25.0 Å². The van der Waals surface area contributed by atoms with Crippen LogP contribution in [0.2, 0.25) is 0 Å². The largest absolute Gasteiger partial charge is 0.398 e. The number of benzene rings is 9. The summed E-state index contributed by atoms with van der Waals surface area (Å²) in [6, 6.07) is 94.2. The zero-order chi connectivity index (χ0) is 92.6. The highest BCUT2D eigenvalue weighted by Crippen LogP contribution is 2.44. The van der Waals surface area contributed by atoms with Crippen LogP contribution < -0.4 is 15.5 Å². The molecule has 138 heavy (non-hydrogen) atoms. The number of nitrogen functional groups attached to an aromatic ring is 1. The SMILES string of the molecule is C1=C(c2nc(-c3c[nH]c4ccccc34)cs2)c2ccccc2C1.C1=C(c2nc(-c3cccnc3)cs2)c2ccccc2C1.C1=C(c2nc(-c3ccncc3)cs2)c2ccccc2C1.Nc1ccccc1-c1nc(-c2cccnc2)cs1.c1ccc(-c2cc(N3CCCCC3)cs2)cc1.c1ccc2c(-c3csc(N4CCCCC4)n3)cccc2c1.c1csc(-c2nc(-c3c[nH]c4ccccc34)cs2)c1. The fourth-order valence-electron chi connectivity index (χ4n) is 17.8. The molecule has 4 N–H and O–H groups in total. The summed E-state index contributed by atoms with van der Waals surface area (Å²) in [6.45, 7) is 4.76. The molecule has 14 nitrogen and oxygen atoms in total. The summed E-state index contributed by atoms with van der Waals surface area (Å²) >= 11 is 13.8. The van der Waals surface area contributed by atoms with Gasteiger partial charge < -0.3 is 25.5 Å². The predicted molar refractivity (Wildman–Crippen MR) is 587 cm³/mol. The van der Waals surface area contributed by atoms with Gasteiger partial charge in [0.15, 0.2) is 5.13 Å². The van der Waals surface area contributed by atoms with Crippen molar-refractivity contribution < 1.29 is 0 Å². The third kappa shape index (κ3) is 20.8. The average Bonchev–Trinajstić information content (AvgIpc) is 1.66. The van der Waals surface area contributed by atoms with E-state index in [1.165, 1.54) is 166 Å². The van der Waals surface area contributed by atoms with E-state index in [9.17, 15) is 0 Å². The molecule has 0 bridgehead atoms. The Labute approximate surface area is 834 Å². The van der Waals surface area contributed by atoms with Crippen LogP contribution in [0.3, 0.4) is 0 Å². The maximum atomic E-state index is 5.95. The number of para-hydroxylation sites is 3. The van der Waals surface area contributed by atoms with Crippen molar-refractivity contribution in [2.75, 3.05) is 41.7 Å². The summed E-state index contributed by atoms with van der Waals surface area (Å²) in [4.78, 5) is 55.2. The molecule has 0 spiro atoms. The molecule has 9 aromatic carbocycles. The number of fused-ring (bicyclic) bond motifs is 6. The van der Waals surface area contributed by atoms with Gasteiger partial charge in [0.2, 0.25) is 0 Å². The van der Waals surface area contributed by atoms with Crippen molar-refractivity contribution in [1.82, 2.24) is 54.8 Å². The molecule has 0 amide bonds. The molecule has 5 aliphatic rings. The predicted octanol–water partition coefficient (Wildman–Crippen LogP) is 31.5. The van der Waals surface area contributed by atoms with Gasteiger partial charge >= 0.3 is 0 Å². The normalized spacial score (nSPS) is 13.3. The number of pyridine rings is 3. The molecule has 2 saturated heterocycles. The Hall–Kier alpha value is -14.4. The Kier molecular flexibility index (Phi) is 28.3. The highest BCUT2D eigenvalue weighted by atomic mass is 32.1. The second-order valence-electron chi connectivity index (χ2n) is 33.6. The number of hydrogen-bond acceptors (Lipinski definition) is 20. The lowest BCUT2D eigenvalue weighted by atomic mass is 10.0. The van der Waals surface area contributed by atoms with E-state index in [4.69, 9.17) is 30.7 Å². The number of nitrogens with one attached hydrogen (secondary N) is 2. The number of H-pyrrole nitrogens is 2. The van der Waals surface area contributed by atoms with Crippen LogP contribution in [0.1, 0.15) is 86.9 Å². The minimum Gasteiger partial charge on any atom is -0.398 e. The molecule has 27 rings (SSSR count). The molecule has 3 aliphatic carbocycles. The van der Waals surface area contributed by atoms with E-state index < -0.39 is 0 Å². The third-order valence-corrected chi connectivity index (χ3v) is 32.1.